The molecule has 1 heterocycles. The van der Waals surface area contributed by atoms with Crippen LogP contribution in [0.25, 0.3) is 0 Å². The lowest BCUT2D eigenvalue weighted by Gasteiger charge is -2.28. The molecular weight excluding hydrogens is 362 g/mol. The average Bonchev–Trinajstić information content (AvgIpc) is 2.51. The number of rotatable bonds is 5. The van der Waals surface area contributed by atoms with Gasteiger partial charge in [-0.25, -0.2) is 0 Å². The smallest absolute Gasteiger partial charge is 0.244 e. The Balaban J connectivity index is 1.84. The van der Waals surface area contributed by atoms with Gasteiger partial charge in [0.15, 0.2) is 0 Å². The lowest BCUT2D eigenvalue weighted by molar-refractivity contribution is -0.142. The average molecular weight is 382 g/mol. The van der Waals surface area contributed by atoms with Crippen molar-refractivity contribution in [2.24, 2.45) is 0 Å². The Bertz CT molecular complexity index is 606. The first-order valence-corrected chi connectivity index (χ1v) is 8.33. The highest BCUT2D eigenvalue weighted by atomic mass is 79.9. The van der Waals surface area contributed by atoms with Crippen LogP contribution in [0.15, 0.2) is 28.7 Å². The Kier molecular flexibility index (Phi) is 6.15. The van der Waals surface area contributed by atoms with Crippen LogP contribution in [0.2, 0.25) is 0 Å². The highest BCUT2D eigenvalue weighted by molar-refractivity contribution is 9.10. The summed E-state index contributed by atoms with van der Waals surface area (Å²) in [4.78, 5) is 38.8. The van der Waals surface area contributed by atoms with E-state index in [-0.39, 0.29) is 30.8 Å². The maximum atomic E-state index is 12.2. The van der Waals surface area contributed by atoms with Gasteiger partial charge in [-0.05, 0) is 40.9 Å². The van der Waals surface area contributed by atoms with E-state index in [1.165, 1.54) is 4.90 Å². The standard InChI is InChI=1S/C16H20BrN3O3/c1-19(16(23)11-20-9-5-4-8-15(20)22)10-14(21)18-13-7-3-2-6-12(13)17/h2-3,6-7H,4-5,8-11H2,1H3,(H,18,21). The molecule has 2 rings (SSSR count). The molecule has 6 nitrogen and oxygen atoms in total. The summed E-state index contributed by atoms with van der Waals surface area (Å²) < 4.78 is 0.779. The molecule has 0 bridgehead atoms. The van der Waals surface area contributed by atoms with Crippen molar-refractivity contribution in [3.63, 3.8) is 0 Å². The number of nitrogens with zero attached hydrogens (tertiary/aromatic N) is 2. The molecule has 1 aliphatic rings. The van der Waals surface area contributed by atoms with Crippen molar-refractivity contribution in [1.29, 1.82) is 0 Å². The summed E-state index contributed by atoms with van der Waals surface area (Å²) in [5.74, 6) is -0.504. The molecule has 0 saturated carbocycles. The molecule has 1 aromatic carbocycles. The van der Waals surface area contributed by atoms with Crippen LogP contribution in [0.3, 0.4) is 0 Å². The van der Waals surface area contributed by atoms with E-state index in [0.29, 0.717) is 18.7 Å². The van der Waals surface area contributed by atoms with E-state index in [0.717, 1.165) is 17.3 Å². The van der Waals surface area contributed by atoms with E-state index in [9.17, 15) is 14.4 Å². The first-order chi connectivity index (χ1) is 11.0. The fourth-order valence-corrected chi connectivity index (χ4v) is 2.75. The summed E-state index contributed by atoms with van der Waals surface area (Å²) in [6, 6.07) is 7.27. The molecule has 124 valence electrons. The maximum Gasteiger partial charge on any atom is 0.244 e. The van der Waals surface area contributed by atoms with Crippen molar-refractivity contribution in [3.05, 3.63) is 28.7 Å². The predicted molar refractivity (Wildman–Crippen MR) is 90.8 cm³/mol. The number of benzene rings is 1. The van der Waals surface area contributed by atoms with Crippen LogP contribution in [0.5, 0.6) is 0 Å². The molecule has 23 heavy (non-hydrogen) atoms. The molecule has 0 aliphatic carbocycles. The monoisotopic (exact) mass is 381 g/mol. The van der Waals surface area contributed by atoms with Crippen molar-refractivity contribution in [2.75, 3.05) is 32.0 Å². The van der Waals surface area contributed by atoms with E-state index in [4.69, 9.17) is 0 Å². The minimum absolute atomic E-state index is 0.00988. The van der Waals surface area contributed by atoms with Crippen LogP contribution in [-0.4, -0.2) is 54.2 Å². The quantitative estimate of drug-likeness (QED) is 0.845. The van der Waals surface area contributed by atoms with Gasteiger partial charge in [0.2, 0.25) is 17.7 Å². The summed E-state index contributed by atoms with van der Waals surface area (Å²) in [5.41, 5.74) is 0.657. The van der Waals surface area contributed by atoms with Gasteiger partial charge in [-0.2, -0.15) is 0 Å². The highest BCUT2D eigenvalue weighted by Gasteiger charge is 2.22. The molecule has 0 radical (unpaired) electrons. The topological polar surface area (TPSA) is 69.7 Å². The molecule has 1 aliphatic heterocycles. The number of likely N-dealkylation sites (N-methyl/N-ethyl adjacent to an activating group) is 1. The fraction of sp³-hybridized carbons (Fsp3) is 0.438. The Morgan fingerprint density at radius 1 is 1.30 bits per heavy atom. The number of hydrogen-bond acceptors (Lipinski definition) is 3. The summed E-state index contributed by atoms with van der Waals surface area (Å²) >= 11 is 3.35. The lowest BCUT2D eigenvalue weighted by atomic mass is 10.1. The van der Waals surface area contributed by atoms with Gasteiger partial charge in [-0.15, -0.1) is 0 Å². The van der Waals surface area contributed by atoms with Gasteiger partial charge in [-0.1, -0.05) is 12.1 Å². The number of piperidine rings is 1. The molecule has 0 unspecified atom stereocenters. The SMILES string of the molecule is CN(CC(=O)Nc1ccccc1Br)C(=O)CN1CCCCC1=O. The third-order valence-electron chi connectivity index (χ3n) is 3.70. The third kappa shape index (κ3) is 5.06. The number of likely N-dealkylation sites (tertiary alicyclic amines) is 1. The van der Waals surface area contributed by atoms with Gasteiger partial charge in [0.05, 0.1) is 18.8 Å². The number of para-hydroxylation sites is 1. The van der Waals surface area contributed by atoms with Crippen molar-refractivity contribution in [3.8, 4) is 0 Å². The zero-order valence-electron chi connectivity index (χ0n) is 13.0. The van der Waals surface area contributed by atoms with Crippen LogP contribution in [0.1, 0.15) is 19.3 Å². The number of anilines is 1. The zero-order chi connectivity index (χ0) is 16.8. The van der Waals surface area contributed by atoms with Crippen molar-refractivity contribution in [2.45, 2.75) is 19.3 Å². The van der Waals surface area contributed by atoms with E-state index in [2.05, 4.69) is 21.2 Å². The predicted octanol–water partition coefficient (Wildman–Crippen LogP) is 1.86. The van der Waals surface area contributed by atoms with E-state index in [1.54, 1.807) is 18.0 Å². The molecule has 3 amide bonds. The number of carbonyl (C=O) groups is 3. The first kappa shape index (κ1) is 17.5. The van der Waals surface area contributed by atoms with E-state index >= 15 is 0 Å². The normalized spacial score (nSPS) is 14.5. The van der Waals surface area contributed by atoms with Gasteiger partial charge in [0.25, 0.3) is 0 Å². The number of carbonyl (C=O) groups excluding carboxylic acids is 3. The second kappa shape index (κ2) is 8.10. The summed E-state index contributed by atoms with van der Waals surface area (Å²) in [6.07, 6.45) is 2.30. The molecule has 1 saturated heterocycles. The number of halogens is 1. The molecule has 7 heteroatoms. The van der Waals surface area contributed by atoms with Crippen LogP contribution in [-0.2, 0) is 14.4 Å². The molecule has 1 N–H and O–H groups in total. The summed E-state index contributed by atoms with van der Waals surface area (Å²) in [6.45, 7) is 0.599. The summed E-state index contributed by atoms with van der Waals surface area (Å²) in [5, 5.41) is 2.75. The molecule has 1 aromatic rings. The molecule has 0 aromatic heterocycles. The van der Waals surface area contributed by atoms with Gasteiger partial charge in [0.1, 0.15) is 0 Å². The Hall–Kier alpha value is -1.89. The van der Waals surface area contributed by atoms with Gasteiger partial charge >= 0.3 is 0 Å². The van der Waals surface area contributed by atoms with Crippen LogP contribution in [0, 0.1) is 0 Å². The number of hydrogen-bond donors (Lipinski definition) is 1. The van der Waals surface area contributed by atoms with Crippen molar-refractivity contribution in [1.82, 2.24) is 9.80 Å². The Morgan fingerprint density at radius 2 is 2.04 bits per heavy atom. The minimum Gasteiger partial charge on any atom is -0.335 e. The van der Waals surface area contributed by atoms with Crippen LogP contribution < -0.4 is 5.32 Å². The van der Waals surface area contributed by atoms with Crippen LogP contribution >= 0.6 is 15.9 Å². The number of nitrogens with one attached hydrogen (secondary N) is 1. The van der Waals surface area contributed by atoms with E-state index in [1.807, 2.05) is 18.2 Å². The Morgan fingerprint density at radius 3 is 2.74 bits per heavy atom. The largest absolute Gasteiger partial charge is 0.335 e. The van der Waals surface area contributed by atoms with Crippen LogP contribution in [0.4, 0.5) is 5.69 Å². The van der Waals surface area contributed by atoms with Gasteiger partial charge < -0.3 is 15.1 Å². The van der Waals surface area contributed by atoms with E-state index < -0.39 is 0 Å². The maximum absolute atomic E-state index is 12.2. The Labute approximate surface area is 143 Å². The second-order valence-electron chi connectivity index (χ2n) is 5.55. The lowest BCUT2D eigenvalue weighted by Crippen LogP contribution is -2.45. The van der Waals surface area contributed by atoms with Crippen molar-refractivity contribution < 1.29 is 14.4 Å². The first-order valence-electron chi connectivity index (χ1n) is 7.53. The molecule has 1 fully saturated rings. The number of amides is 3. The van der Waals surface area contributed by atoms with Gasteiger partial charge in [0, 0.05) is 24.5 Å². The van der Waals surface area contributed by atoms with Crippen molar-refractivity contribution >= 4 is 39.3 Å². The third-order valence-corrected chi connectivity index (χ3v) is 4.39. The minimum atomic E-state index is -0.280. The highest BCUT2D eigenvalue weighted by Crippen LogP contribution is 2.21. The molecule has 0 spiro atoms. The fourth-order valence-electron chi connectivity index (χ4n) is 2.37. The molecule has 0 atom stereocenters. The summed E-state index contributed by atoms with van der Waals surface area (Å²) in [7, 11) is 1.57. The zero-order valence-corrected chi connectivity index (χ0v) is 14.6. The molecular formula is C16H20BrN3O3. The second-order valence-corrected chi connectivity index (χ2v) is 6.40. The van der Waals surface area contributed by atoms with Gasteiger partial charge in [-0.3, -0.25) is 14.4 Å².